The molecule has 1 aromatic heterocycles. The van der Waals surface area contributed by atoms with Gasteiger partial charge in [0.2, 0.25) is 0 Å². The van der Waals surface area contributed by atoms with E-state index >= 15 is 0 Å². The number of nitrogens with zero attached hydrogens (tertiary/aromatic N) is 2. The fourth-order valence-corrected chi connectivity index (χ4v) is 1.24. The summed E-state index contributed by atoms with van der Waals surface area (Å²) in [6.07, 6.45) is 4.34. The van der Waals surface area contributed by atoms with Crippen LogP contribution < -0.4 is 0 Å². The molecule has 1 rings (SSSR count). The standard InChI is InChI=1S/C11H20N2O/c1-4-8-13-11(6-7-12-13)9-14-10(3)5-2/h6-7,10H,4-5,8-9H2,1-3H3/t10-/m1/s1. The maximum absolute atomic E-state index is 5.66. The summed E-state index contributed by atoms with van der Waals surface area (Å²) >= 11 is 0. The number of aryl methyl sites for hydroxylation is 1. The van der Waals surface area contributed by atoms with Crippen molar-refractivity contribution in [2.45, 2.75) is 52.9 Å². The Bertz CT molecular complexity index is 258. The van der Waals surface area contributed by atoms with Gasteiger partial charge < -0.3 is 4.74 Å². The van der Waals surface area contributed by atoms with Gasteiger partial charge in [0.25, 0.3) is 0 Å². The lowest BCUT2D eigenvalue weighted by atomic mass is 10.3. The van der Waals surface area contributed by atoms with Crippen molar-refractivity contribution in [3.63, 3.8) is 0 Å². The van der Waals surface area contributed by atoms with Crippen molar-refractivity contribution in [2.75, 3.05) is 0 Å². The molecule has 14 heavy (non-hydrogen) atoms. The highest BCUT2D eigenvalue weighted by atomic mass is 16.5. The Morgan fingerprint density at radius 3 is 2.93 bits per heavy atom. The summed E-state index contributed by atoms with van der Waals surface area (Å²) in [6, 6.07) is 2.03. The van der Waals surface area contributed by atoms with Gasteiger partial charge in [-0.2, -0.15) is 5.10 Å². The molecule has 0 saturated carbocycles. The molecule has 1 heterocycles. The first-order valence-corrected chi connectivity index (χ1v) is 5.40. The monoisotopic (exact) mass is 196 g/mol. The molecule has 0 radical (unpaired) electrons. The fourth-order valence-electron chi connectivity index (χ4n) is 1.24. The summed E-state index contributed by atoms with van der Waals surface area (Å²) < 4.78 is 7.68. The van der Waals surface area contributed by atoms with E-state index < -0.39 is 0 Å². The van der Waals surface area contributed by atoms with Gasteiger partial charge in [-0.1, -0.05) is 13.8 Å². The third-order valence-corrected chi connectivity index (χ3v) is 2.33. The highest BCUT2D eigenvalue weighted by Crippen LogP contribution is 2.05. The zero-order valence-electron chi connectivity index (χ0n) is 9.36. The smallest absolute Gasteiger partial charge is 0.0888 e. The van der Waals surface area contributed by atoms with E-state index in [1.54, 1.807) is 0 Å². The molecule has 0 spiro atoms. The van der Waals surface area contributed by atoms with Gasteiger partial charge in [0.05, 0.1) is 18.4 Å². The molecule has 0 amide bonds. The normalized spacial score (nSPS) is 13.1. The van der Waals surface area contributed by atoms with Crippen LogP contribution in [0.1, 0.15) is 39.3 Å². The second-order valence-electron chi connectivity index (χ2n) is 3.58. The molecule has 0 aliphatic carbocycles. The van der Waals surface area contributed by atoms with Gasteiger partial charge in [-0.3, -0.25) is 4.68 Å². The summed E-state index contributed by atoms with van der Waals surface area (Å²) in [5, 5.41) is 4.25. The summed E-state index contributed by atoms with van der Waals surface area (Å²) in [4.78, 5) is 0. The molecule has 80 valence electrons. The first kappa shape index (κ1) is 11.2. The molecular formula is C11H20N2O. The highest BCUT2D eigenvalue weighted by Gasteiger charge is 2.04. The molecule has 0 N–H and O–H groups in total. The number of rotatable bonds is 6. The average molecular weight is 196 g/mol. The van der Waals surface area contributed by atoms with E-state index in [4.69, 9.17) is 4.74 Å². The Hall–Kier alpha value is -0.830. The van der Waals surface area contributed by atoms with Crippen molar-refractivity contribution >= 4 is 0 Å². The van der Waals surface area contributed by atoms with Crippen LogP contribution in [0.25, 0.3) is 0 Å². The van der Waals surface area contributed by atoms with E-state index in [9.17, 15) is 0 Å². The molecule has 0 aliphatic rings. The molecular weight excluding hydrogens is 176 g/mol. The molecule has 0 aromatic carbocycles. The molecule has 0 bridgehead atoms. The number of aromatic nitrogens is 2. The minimum absolute atomic E-state index is 0.333. The van der Waals surface area contributed by atoms with E-state index in [1.165, 1.54) is 5.69 Å². The predicted molar refractivity (Wildman–Crippen MR) is 57.1 cm³/mol. The van der Waals surface area contributed by atoms with Gasteiger partial charge in [0.15, 0.2) is 0 Å². The summed E-state index contributed by atoms with van der Waals surface area (Å²) in [5.74, 6) is 0. The fraction of sp³-hybridized carbons (Fsp3) is 0.727. The molecule has 0 unspecified atom stereocenters. The summed E-state index contributed by atoms with van der Waals surface area (Å²) in [7, 11) is 0. The Kier molecular flexibility index (Phi) is 4.66. The second kappa shape index (κ2) is 5.81. The van der Waals surface area contributed by atoms with Gasteiger partial charge in [-0.15, -0.1) is 0 Å². The van der Waals surface area contributed by atoms with E-state index in [2.05, 4.69) is 25.9 Å². The molecule has 3 nitrogen and oxygen atoms in total. The van der Waals surface area contributed by atoms with Crippen LogP contribution >= 0.6 is 0 Å². The SMILES string of the molecule is CCCn1nccc1CO[C@H](C)CC. The molecule has 0 fully saturated rings. The van der Waals surface area contributed by atoms with E-state index in [-0.39, 0.29) is 0 Å². The van der Waals surface area contributed by atoms with Crippen LogP contribution in [0.15, 0.2) is 12.3 Å². The van der Waals surface area contributed by atoms with Crippen molar-refractivity contribution in [3.05, 3.63) is 18.0 Å². The number of hydrogen-bond donors (Lipinski definition) is 0. The van der Waals surface area contributed by atoms with Crippen LogP contribution in [0.3, 0.4) is 0 Å². The van der Waals surface area contributed by atoms with Gasteiger partial charge in [-0.25, -0.2) is 0 Å². The summed E-state index contributed by atoms with van der Waals surface area (Å²) in [6.45, 7) is 8.04. The van der Waals surface area contributed by atoms with E-state index in [0.717, 1.165) is 19.4 Å². The largest absolute Gasteiger partial charge is 0.372 e. The maximum atomic E-state index is 5.66. The number of ether oxygens (including phenoxy) is 1. The van der Waals surface area contributed by atoms with Crippen molar-refractivity contribution in [1.29, 1.82) is 0 Å². The van der Waals surface area contributed by atoms with Crippen molar-refractivity contribution in [3.8, 4) is 0 Å². The Morgan fingerprint density at radius 1 is 1.50 bits per heavy atom. The van der Waals surface area contributed by atoms with E-state index in [1.807, 2.05) is 16.9 Å². The Morgan fingerprint density at radius 2 is 2.29 bits per heavy atom. The zero-order chi connectivity index (χ0) is 10.4. The third-order valence-electron chi connectivity index (χ3n) is 2.33. The third kappa shape index (κ3) is 3.14. The van der Waals surface area contributed by atoms with Crippen LogP contribution in [-0.4, -0.2) is 15.9 Å². The quantitative estimate of drug-likeness (QED) is 0.699. The van der Waals surface area contributed by atoms with Crippen molar-refractivity contribution < 1.29 is 4.74 Å². The van der Waals surface area contributed by atoms with Crippen LogP contribution in [0.2, 0.25) is 0 Å². The topological polar surface area (TPSA) is 27.1 Å². The first-order chi connectivity index (χ1) is 6.77. The van der Waals surface area contributed by atoms with E-state index in [0.29, 0.717) is 12.7 Å². The zero-order valence-corrected chi connectivity index (χ0v) is 9.36. The van der Waals surface area contributed by atoms with Crippen LogP contribution in [0.4, 0.5) is 0 Å². The van der Waals surface area contributed by atoms with Crippen molar-refractivity contribution in [2.24, 2.45) is 0 Å². The van der Waals surface area contributed by atoms with Crippen molar-refractivity contribution in [1.82, 2.24) is 9.78 Å². The number of hydrogen-bond acceptors (Lipinski definition) is 2. The minimum Gasteiger partial charge on any atom is -0.372 e. The lowest BCUT2D eigenvalue weighted by Crippen LogP contribution is -2.10. The lowest BCUT2D eigenvalue weighted by Gasteiger charge is -2.11. The first-order valence-electron chi connectivity index (χ1n) is 5.40. The van der Waals surface area contributed by atoms with Gasteiger partial charge in [0.1, 0.15) is 0 Å². The minimum atomic E-state index is 0.333. The van der Waals surface area contributed by atoms with Crippen LogP contribution in [0.5, 0.6) is 0 Å². The molecule has 1 aromatic rings. The predicted octanol–water partition coefficient (Wildman–Crippen LogP) is 2.61. The Labute approximate surface area is 86.1 Å². The molecule has 0 aliphatic heterocycles. The maximum Gasteiger partial charge on any atom is 0.0888 e. The average Bonchev–Trinajstić information content (AvgIpc) is 2.62. The van der Waals surface area contributed by atoms with Crippen LogP contribution in [-0.2, 0) is 17.9 Å². The molecule has 1 atom stereocenters. The van der Waals surface area contributed by atoms with Gasteiger partial charge >= 0.3 is 0 Å². The van der Waals surface area contributed by atoms with Gasteiger partial charge in [0, 0.05) is 12.7 Å². The Balaban J connectivity index is 2.45. The molecule has 3 heteroatoms. The molecule has 0 saturated heterocycles. The highest BCUT2D eigenvalue weighted by molar-refractivity contribution is 4.98. The van der Waals surface area contributed by atoms with Gasteiger partial charge in [-0.05, 0) is 25.8 Å². The lowest BCUT2D eigenvalue weighted by molar-refractivity contribution is 0.0466. The van der Waals surface area contributed by atoms with Crippen LogP contribution in [0, 0.1) is 0 Å². The summed E-state index contributed by atoms with van der Waals surface area (Å²) in [5.41, 5.74) is 1.17. The second-order valence-corrected chi connectivity index (χ2v) is 3.58.